The third-order valence-electron chi connectivity index (χ3n) is 4.47. The van der Waals surface area contributed by atoms with E-state index < -0.39 is 0 Å². The van der Waals surface area contributed by atoms with Gasteiger partial charge in [0.2, 0.25) is 5.91 Å². The molecule has 0 unspecified atom stereocenters. The first kappa shape index (κ1) is 16.9. The molecule has 1 amide bonds. The van der Waals surface area contributed by atoms with Gasteiger partial charge in [-0.1, -0.05) is 29.8 Å². The number of quaternary nitrogens is 1. The first-order valence-electron chi connectivity index (χ1n) is 8.53. The Morgan fingerprint density at radius 3 is 2.67 bits per heavy atom. The van der Waals surface area contributed by atoms with Gasteiger partial charge in [-0.15, -0.1) is 11.3 Å². The summed E-state index contributed by atoms with van der Waals surface area (Å²) in [5.74, 6) is 0.135. The van der Waals surface area contributed by atoms with Crippen molar-refractivity contribution in [2.24, 2.45) is 0 Å². The molecule has 0 saturated carbocycles. The zero-order valence-corrected chi connectivity index (χ0v) is 15.2. The zero-order valence-electron chi connectivity index (χ0n) is 14.4. The van der Waals surface area contributed by atoms with Crippen LogP contribution in [-0.4, -0.2) is 37.0 Å². The highest BCUT2D eigenvalue weighted by molar-refractivity contribution is 7.12. The van der Waals surface area contributed by atoms with E-state index in [-0.39, 0.29) is 5.91 Å². The number of nitrogens with zero attached hydrogens (tertiary/aromatic N) is 1. The predicted molar refractivity (Wildman–Crippen MR) is 100 cm³/mol. The van der Waals surface area contributed by atoms with Gasteiger partial charge in [0.25, 0.3) is 0 Å². The number of amides is 1. The molecular formula is C20H25N2OS+. The Morgan fingerprint density at radius 2 is 2.00 bits per heavy atom. The summed E-state index contributed by atoms with van der Waals surface area (Å²) in [6, 6.07) is 12.9. The van der Waals surface area contributed by atoms with Gasteiger partial charge in [-0.05, 0) is 32.1 Å². The molecule has 2 aromatic rings. The minimum absolute atomic E-state index is 0.135. The Morgan fingerprint density at radius 1 is 1.21 bits per heavy atom. The van der Waals surface area contributed by atoms with Crippen molar-refractivity contribution in [1.82, 2.24) is 4.90 Å². The Bertz CT molecular complexity index is 727. The molecule has 126 valence electrons. The second-order valence-corrected chi connectivity index (χ2v) is 7.84. The molecule has 1 saturated heterocycles. The molecule has 0 bridgehead atoms. The van der Waals surface area contributed by atoms with E-state index in [9.17, 15) is 4.79 Å². The molecule has 3 rings (SSSR count). The number of carbonyl (C=O) groups excluding carboxylic acids is 1. The lowest BCUT2D eigenvalue weighted by Crippen LogP contribution is -3.13. The highest BCUT2D eigenvalue weighted by Gasteiger charge is 2.22. The monoisotopic (exact) mass is 341 g/mol. The Hall–Kier alpha value is -1.91. The zero-order chi connectivity index (χ0) is 16.9. The summed E-state index contributed by atoms with van der Waals surface area (Å²) in [6.07, 6.45) is 3.66. The summed E-state index contributed by atoms with van der Waals surface area (Å²) in [7, 11) is 0. The predicted octanol–water partition coefficient (Wildman–Crippen LogP) is 2.31. The summed E-state index contributed by atoms with van der Waals surface area (Å²) in [5, 5.41) is 0. The Balaban J connectivity index is 1.49. The molecule has 1 aliphatic rings. The molecule has 4 heteroatoms. The topological polar surface area (TPSA) is 24.8 Å². The molecule has 1 N–H and O–H groups in total. The number of hydrogen-bond donors (Lipinski definition) is 1. The number of thiophene rings is 1. The van der Waals surface area contributed by atoms with Crippen LogP contribution >= 0.6 is 11.3 Å². The van der Waals surface area contributed by atoms with E-state index in [1.807, 2.05) is 11.0 Å². The van der Waals surface area contributed by atoms with Crippen LogP contribution < -0.4 is 4.90 Å². The number of nitrogens with one attached hydrogen (secondary N) is 1. The maximum absolute atomic E-state index is 12.3. The first-order chi connectivity index (χ1) is 11.6. The molecule has 24 heavy (non-hydrogen) atoms. The van der Waals surface area contributed by atoms with Crippen molar-refractivity contribution in [3.05, 3.63) is 63.4 Å². The fourth-order valence-electron chi connectivity index (χ4n) is 3.13. The molecule has 1 aromatic carbocycles. The summed E-state index contributed by atoms with van der Waals surface area (Å²) in [5.41, 5.74) is 2.70. The SMILES string of the molecule is Cc1cccc(C[NH+]2CCN(C(=O)/C=C/c3ccc(C)s3)CC2)c1. The van der Waals surface area contributed by atoms with E-state index in [2.05, 4.69) is 50.2 Å². The standard InChI is InChI=1S/C20H24N2OS/c1-16-4-3-5-18(14-16)15-21-10-12-22(13-11-21)20(23)9-8-19-7-6-17(2)24-19/h3-9,14H,10-13,15H2,1-2H3/p+1/b9-8+. The molecular weight excluding hydrogens is 316 g/mol. The van der Waals surface area contributed by atoms with Gasteiger partial charge in [0, 0.05) is 21.4 Å². The minimum atomic E-state index is 0.135. The maximum Gasteiger partial charge on any atom is 0.247 e. The summed E-state index contributed by atoms with van der Waals surface area (Å²) < 4.78 is 0. The van der Waals surface area contributed by atoms with Crippen LogP contribution in [-0.2, 0) is 11.3 Å². The molecule has 0 aliphatic carbocycles. The average molecular weight is 342 g/mol. The Kier molecular flexibility index (Phi) is 5.48. The average Bonchev–Trinajstić information content (AvgIpc) is 2.99. The largest absolute Gasteiger partial charge is 0.328 e. The van der Waals surface area contributed by atoms with Gasteiger partial charge in [0.05, 0.1) is 26.2 Å². The third kappa shape index (κ3) is 4.56. The van der Waals surface area contributed by atoms with Crippen LogP contribution in [0.2, 0.25) is 0 Å². The normalized spacial score (nSPS) is 16.0. The lowest BCUT2D eigenvalue weighted by Gasteiger charge is -2.31. The van der Waals surface area contributed by atoms with Crippen molar-refractivity contribution in [3.8, 4) is 0 Å². The number of carbonyl (C=O) groups is 1. The van der Waals surface area contributed by atoms with Crippen molar-refractivity contribution in [3.63, 3.8) is 0 Å². The summed E-state index contributed by atoms with van der Waals surface area (Å²) in [4.78, 5) is 18.3. The van der Waals surface area contributed by atoms with Gasteiger partial charge in [0.1, 0.15) is 6.54 Å². The molecule has 1 aliphatic heterocycles. The number of aryl methyl sites for hydroxylation is 2. The molecule has 0 radical (unpaired) electrons. The molecule has 1 aromatic heterocycles. The van der Waals surface area contributed by atoms with Gasteiger partial charge in [0.15, 0.2) is 0 Å². The molecule has 0 atom stereocenters. The summed E-state index contributed by atoms with van der Waals surface area (Å²) in [6.45, 7) is 8.99. The molecule has 3 nitrogen and oxygen atoms in total. The van der Waals surface area contributed by atoms with Gasteiger partial charge < -0.3 is 9.80 Å². The van der Waals surface area contributed by atoms with Gasteiger partial charge in [-0.25, -0.2) is 0 Å². The molecule has 2 heterocycles. The number of piperazine rings is 1. The Labute approximate surface area is 148 Å². The summed E-state index contributed by atoms with van der Waals surface area (Å²) >= 11 is 1.72. The quantitative estimate of drug-likeness (QED) is 0.848. The van der Waals surface area contributed by atoms with Gasteiger partial charge in [-0.2, -0.15) is 0 Å². The number of hydrogen-bond acceptors (Lipinski definition) is 2. The lowest BCUT2D eigenvalue weighted by molar-refractivity contribution is -0.917. The highest BCUT2D eigenvalue weighted by Crippen LogP contribution is 2.16. The minimum Gasteiger partial charge on any atom is -0.328 e. The van der Waals surface area contributed by atoms with Gasteiger partial charge in [-0.3, -0.25) is 4.79 Å². The highest BCUT2D eigenvalue weighted by atomic mass is 32.1. The van der Waals surface area contributed by atoms with Crippen LogP contribution in [0.15, 0.2) is 42.5 Å². The van der Waals surface area contributed by atoms with Crippen LogP contribution in [0.4, 0.5) is 0 Å². The van der Waals surface area contributed by atoms with Crippen molar-refractivity contribution in [1.29, 1.82) is 0 Å². The van der Waals surface area contributed by atoms with Crippen LogP contribution in [0.3, 0.4) is 0 Å². The van der Waals surface area contributed by atoms with Crippen molar-refractivity contribution >= 4 is 23.3 Å². The second-order valence-electron chi connectivity index (χ2n) is 6.52. The fraction of sp³-hybridized carbons (Fsp3) is 0.350. The third-order valence-corrected chi connectivity index (χ3v) is 5.44. The van der Waals surface area contributed by atoms with Crippen LogP contribution in [0.1, 0.15) is 20.9 Å². The van der Waals surface area contributed by atoms with Crippen molar-refractivity contribution < 1.29 is 9.69 Å². The van der Waals surface area contributed by atoms with E-state index in [1.165, 1.54) is 16.0 Å². The van der Waals surface area contributed by atoms with E-state index in [0.717, 1.165) is 37.6 Å². The van der Waals surface area contributed by atoms with E-state index in [0.29, 0.717) is 0 Å². The lowest BCUT2D eigenvalue weighted by atomic mass is 10.1. The second kappa shape index (κ2) is 7.77. The van der Waals surface area contributed by atoms with Crippen LogP contribution in [0.5, 0.6) is 0 Å². The molecule has 1 fully saturated rings. The first-order valence-corrected chi connectivity index (χ1v) is 9.34. The fourth-order valence-corrected chi connectivity index (χ4v) is 3.91. The number of benzene rings is 1. The van der Waals surface area contributed by atoms with Crippen molar-refractivity contribution in [2.45, 2.75) is 20.4 Å². The molecule has 0 spiro atoms. The van der Waals surface area contributed by atoms with E-state index >= 15 is 0 Å². The van der Waals surface area contributed by atoms with E-state index in [1.54, 1.807) is 22.3 Å². The van der Waals surface area contributed by atoms with Crippen molar-refractivity contribution in [2.75, 3.05) is 26.2 Å². The van der Waals surface area contributed by atoms with Crippen LogP contribution in [0, 0.1) is 13.8 Å². The maximum atomic E-state index is 12.3. The van der Waals surface area contributed by atoms with E-state index in [4.69, 9.17) is 0 Å². The number of rotatable bonds is 4. The van der Waals surface area contributed by atoms with Gasteiger partial charge >= 0.3 is 0 Å². The smallest absolute Gasteiger partial charge is 0.247 e. The van der Waals surface area contributed by atoms with Crippen LogP contribution in [0.25, 0.3) is 6.08 Å².